The zero-order valence-electron chi connectivity index (χ0n) is 14.5. The molecule has 0 saturated heterocycles. The van der Waals surface area contributed by atoms with Crippen molar-refractivity contribution in [3.05, 3.63) is 41.2 Å². The van der Waals surface area contributed by atoms with Gasteiger partial charge in [0.15, 0.2) is 17.1 Å². The minimum atomic E-state index is -0.265. The summed E-state index contributed by atoms with van der Waals surface area (Å²) >= 11 is 2.57. The highest BCUT2D eigenvalue weighted by atomic mass is 32.2. The first kappa shape index (κ1) is 18.3. The SMILES string of the molecule is Cc1cccc(OC(C)c2nnc(SCC(=O)Nc3nncs3)n2C)c1. The fourth-order valence-electron chi connectivity index (χ4n) is 2.26. The standard InChI is InChI=1S/C16H18N6O2S2/c1-10-5-4-6-12(7-10)24-11(2)14-19-21-16(22(14)3)25-8-13(23)18-15-20-17-9-26-15/h4-7,9,11H,8H2,1-3H3,(H,18,20,23). The number of hydrogen-bond acceptors (Lipinski definition) is 8. The highest BCUT2D eigenvalue weighted by Gasteiger charge is 2.18. The van der Waals surface area contributed by atoms with Gasteiger partial charge in [-0.2, -0.15) is 0 Å². The number of aromatic nitrogens is 5. The van der Waals surface area contributed by atoms with Crippen LogP contribution in [0.2, 0.25) is 0 Å². The predicted molar refractivity (Wildman–Crippen MR) is 100 cm³/mol. The number of hydrogen-bond donors (Lipinski definition) is 1. The summed E-state index contributed by atoms with van der Waals surface area (Å²) in [5, 5.41) is 19.6. The Morgan fingerprint density at radius 2 is 2.23 bits per heavy atom. The van der Waals surface area contributed by atoms with Gasteiger partial charge in [0.2, 0.25) is 11.0 Å². The monoisotopic (exact) mass is 390 g/mol. The van der Waals surface area contributed by atoms with Crippen molar-refractivity contribution in [1.82, 2.24) is 25.0 Å². The van der Waals surface area contributed by atoms with Gasteiger partial charge in [0.1, 0.15) is 11.3 Å². The number of thioether (sulfide) groups is 1. The number of anilines is 1. The largest absolute Gasteiger partial charge is 0.483 e. The summed E-state index contributed by atoms with van der Waals surface area (Å²) in [6.45, 7) is 3.93. The summed E-state index contributed by atoms with van der Waals surface area (Å²) in [5.41, 5.74) is 2.69. The summed E-state index contributed by atoms with van der Waals surface area (Å²) < 4.78 is 7.78. The lowest BCUT2D eigenvalue weighted by Gasteiger charge is -2.14. The molecule has 0 aliphatic rings. The molecule has 0 radical (unpaired) electrons. The molecule has 2 heterocycles. The van der Waals surface area contributed by atoms with Gasteiger partial charge in [0, 0.05) is 7.05 Å². The van der Waals surface area contributed by atoms with Crippen LogP contribution in [0.4, 0.5) is 5.13 Å². The number of amides is 1. The zero-order chi connectivity index (χ0) is 18.5. The van der Waals surface area contributed by atoms with Crippen LogP contribution in [0.15, 0.2) is 34.9 Å². The molecule has 10 heteroatoms. The van der Waals surface area contributed by atoms with Crippen LogP contribution in [-0.2, 0) is 11.8 Å². The Labute approximate surface area is 159 Å². The van der Waals surface area contributed by atoms with E-state index < -0.39 is 0 Å². The van der Waals surface area contributed by atoms with Gasteiger partial charge >= 0.3 is 0 Å². The van der Waals surface area contributed by atoms with Crippen LogP contribution in [0.1, 0.15) is 24.4 Å². The van der Waals surface area contributed by atoms with Gasteiger partial charge in [-0.25, -0.2) is 0 Å². The number of nitrogens with zero attached hydrogens (tertiary/aromatic N) is 5. The fraction of sp³-hybridized carbons (Fsp3) is 0.312. The maximum absolute atomic E-state index is 11.9. The van der Waals surface area contributed by atoms with E-state index in [0.717, 1.165) is 11.3 Å². The minimum Gasteiger partial charge on any atom is -0.483 e. The summed E-state index contributed by atoms with van der Waals surface area (Å²) in [6, 6.07) is 7.85. The van der Waals surface area contributed by atoms with Crippen molar-refractivity contribution in [2.45, 2.75) is 25.1 Å². The molecule has 136 valence electrons. The Balaban J connectivity index is 1.59. The molecular weight excluding hydrogens is 372 g/mol. The Morgan fingerprint density at radius 1 is 1.38 bits per heavy atom. The van der Waals surface area contributed by atoms with Crippen molar-refractivity contribution in [3.8, 4) is 5.75 Å². The molecule has 0 aliphatic heterocycles. The Kier molecular flexibility index (Phi) is 5.84. The lowest BCUT2D eigenvalue weighted by Crippen LogP contribution is -2.14. The molecule has 3 rings (SSSR count). The summed E-state index contributed by atoms with van der Waals surface area (Å²) in [5.74, 6) is 1.52. The third-order valence-electron chi connectivity index (χ3n) is 3.47. The molecule has 1 aromatic carbocycles. The molecule has 0 spiro atoms. The van der Waals surface area contributed by atoms with Crippen molar-refractivity contribution in [3.63, 3.8) is 0 Å². The molecule has 1 N–H and O–H groups in total. The molecule has 2 aromatic heterocycles. The first-order valence-corrected chi connectivity index (χ1v) is 9.71. The van der Waals surface area contributed by atoms with Gasteiger partial charge in [-0.15, -0.1) is 20.4 Å². The normalized spacial score (nSPS) is 12.0. The first-order chi connectivity index (χ1) is 12.5. The maximum atomic E-state index is 11.9. The highest BCUT2D eigenvalue weighted by Crippen LogP contribution is 2.24. The molecule has 0 bridgehead atoms. The lowest BCUT2D eigenvalue weighted by molar-refractivity contribution is -0.113. The van der Waals surface area contributed by atoms with E-state index in [0.29, 0.717) is 16.1 Å². The smallest absolute Gasteiger partial charge is 0.236 e. The third kappa shape index (κ3) is 4.58. The summed E-state index contributed by atoms with van der Waals surface area (Å²) in [7, 11) is 1.86. The quantitative estimate of drug-likeness (QED) is 0.620. The van der Waals surface area contributed by atoms with Gasteiger partial charge in [-0.1, -0.05) is 35.2 Å². The molecule has 3 aromatic rings. The third-order valence-corrected chi connectivity index (χ3v) is 5.10. The van der Waals surface area contributed by atoms with Crippen LogP contribution in [0.5, 0.6) is 5.75 Å². The lowest BCUT2D eigenvalue weighted by atomic mass is 10.2. The second-order valence-electron chi connectivity index (χ2n) is 5.56. The first-order valence-electron chi connectivity index (χ1n) is 7.84. The summed E-state index contributed by atoms with van der Waals surface area (Å²) in [4.78, 5) is 11.9. The molecule has 0 fully saturated rings. The second-order valence-corrected chi connectivity index (χ2v) is 7.33. The number of benzene rings is 1. The van der Waals surface area contributed by atoms with E-state index in [1.165, 1.54) is 23.1 Å². The van der Waals surface area contributed by atoms with Gasteiger partial charge < -0.3 is 9.30 Å². The van der Waals surface area contributed by atoms with Gasteiger partial charge in [-0.05, 0) is 31.5 Å². The molecule has 8 nitrogen and oxygen atoms in total. The topological polar surface area (TPSA) is 94.8 Å². The van der Waals surface area contributed by atoms with Crippen LogP contribution in [-0.4, -0.2) is 36.6 Å². The predicted octanol–water partition coefficient (Wildman–Crippen LogP) is 2.85. The molecule has 0 saturated carbocycles. The number of aryl methyl sites for hydroxylation is 1. The van der Waals surface area contributed by atoms with Crippen molar-refractivity contribution in [2.24, 2.45) is 7.05 Å². The zero-order valence-corrected chi connectivity index (χ0v) is 16.2. The van der Waals surface area contributed by atoms with Crippen molar-refractivity contribution >= 4 is 34.1 Å². The van der Waals surface area contributed by atoms with Crippen LogP contribution in [0.3, 0.4) is 0 Å². The number of carbonyl (C=O) groups is 1. The molecule has 1 amide bonds. The van der Waals surface area contributed by atoms with E-state index in [-0.39, 0.29) is 17.8 Å². The van der Waals surface area contributed by atoms with Crippen LogP contribution in [0, 0.1) is 6.92 Å². The Morgan fingerprint density at radius 3 is 2.96 bits per heavy atom. The molecular formula is C16H18N6O2S2. The van der Waals surface area contributed by atoms with Gasteiger partial charge in [0.05, 0.1) is 5.75 Å². The summed E-state index contributed by atoms with van der Waals surface area (Å²) in [6.07, 6.45) is -0.265. The van der Waals surface area contributed by atoms with Crippen molar-refractivity contribution in [1.29, 1.82) is 0 Å². The molecule has 0 aliphatic carbocycles. The Hall–Kier alpha value is -2.46. The molecule has 26 heavy (non-hydrogen) atoms. The average molecular weight is 390 g/mol. The van der Waals surface area contributed by atoms with Crippen molar-refractivity contribution < 1.29 is 9.53 Å². The number of ether oxygens (including phenoxy) is 1. The van der Waals surface area contributed by atoms with Gasteiger partial charge in [0.25, 0.3) is 0 Å². The molecule has 1 atom stereocenters. The minimum absolute atomic E-state index is 0.166. The van der Waals surface area contributed by atoms with Gasteiger partial charge in [-0.3, -0.25) is 10.1 Å². The van der Waals surface area contributed by atoms with E-state index in [1.807, 2.05) is 49.7 Å². The number of carbonyl (C=O) groups excluding carboxylic acids is 1. The molecule has 1 unspecified atom stereocenters. The highest BCUT2D eigenvalue weighted by molar-refractivity contribution is 7.99. The van der Waals surface area contributed by atoms with E-state index in [2.05, 4.69) is 25.7 Å². The second kappa shape index (κ2) is 8.28. The Bertz CT molecular complexity index is 881. The van der Waals surface area contributed by atoms with E-state index in [1.54, 1.807) is 5.51 Å². The van der Waals surface area contributed by atoms with E-state index >= 15 is 0 Å². The van der Waals surface area contributed by atoms with Crippen LogP contribution >= 0.6 is 23.1 Å². The average Bonchev–Trinajstić information content (AvgIpc) is 3.23. The van der Waals surface area contributed by atoms with Crippen molar-refractivity contribution in [2.75, 3.05) is 11.1 Å². The number of nitrogens with one attached hydrogen (secondary N) is 1. The van der Waals surface area contributed by atoms with Crippen LogP contribution in [0.25, 0.3) is 0 Å². The fourth-order valence-corrected chi connectivity index (χ4v) is 3.44. The number of rotatable bonds is 7. The van der Waals surface area contributed by atoms with E-state index in [9.17, 15) is 4.79 Å². The van der Waals surface area contributed by atoms with E-state index in [4.69, 9.17) is 4.74 Å². The van der Waals surface area contributed by atoms with Crippen LogP contribution < -0.4 is 10.1 Å². The maximum Gasteiger partial charge on any atom is 0.236 e.